The number of hydrogen-bond acceptors (Lipinski definition) is 8. The summed E-state index contributed by atoms with van der Waals surface area (Å²) >= 11 is 1.01. The van der Waals surface area contributed by atoms with E-state index in [0.29, 0.717) is 50.1 Å². The molecular formula is C23H27N5O4S2. The lowest BCUT2D eigenvalue weighted by Gasteiger charge is -2.39. The van der Waals surface area contributed by atoms with Crippen molar-refractivity contribution in [2.75, 3.05) is 51.3 Å². The Morgan fingerprint density at radius 3 is 2.47 bits per heavy atom. The Kier molecular flexibility index (Phi) is 6.41. The second-order valence-corrected chi connectivity index (χ2v) is 11.0. The maximum atomic E-state index is 13.2. The van der Waals surface area contributed by atoms with E-state index in [1.807, 2.05) is 23.1 Å². The molecule has 180 valence electrons. The Bertz CT molecular complexity index is 1280. The minimum Gasteiger partial charge on any atom is -0.497 e. The highest BCUT2D eigenvalue weighted by atomic mass is 32.2. The van der Waals surface area contributed by atoms with Crippen molar-refractivity contribution < 1.29 is 17.9 Å². The first-order valence-electron chi connectivity index (χ1n) is 11.4. The van der Waals surface area contributed by atoms with Gasteiger partial charge in [-0.2, -0.15) is 13.1 Å². The first-order chi connectivity index (χ1) is 16.5. The summed E-state index contributed by atoms with van der Waals surface area (Å²) < 4.78 is 41.6. The number of nitrogens with zero attached hydrogens (tertiary/aromatic N) is 5. The van der Waals surface area contributed by atoms with Crippen LogP contribution in [0.3, 0.4) is 0 Å². The van der Waals surface area contributed by atoms with Gasteiger partial charge in [0, 0.05) is 56.9 Å². The lowest BCUT2D eigenvalue weighted by Crippen LogP contribution is -2.52. The van der Waals surface area contributed by atoms with E-state index < -0.39 is 10.0 Å². The predicted octanol–water partition coefficient (Wildman–Crippen LogP) is 2.45. The molecule has 1 amide bonds. The second kappa shape index (κ2) is 9.47. The number of sulfonamides is 1. The van der Waals surface area contributed by atoms with Crippen LogP contribution in [0.15, 0.2) is 47.4 Å². The van der Waals surface area contributed by atoms with Crippen LogP contribution in [0, 0.1) is 5.92 Å². The Hall–Kier alpha value is -2.76. The van der Waals surface area contributed by atoms with E-state index in [-0.39, 0.29) is 16.7 Å². The summed E-state index contributed by atoms with van der Waals surface area (Å²) in [7, 11) is -2.02. The van der Waals surface area contributed by atoms with Gasteiger partial charge in [0.25, 0.3) is 0 Å². The topological polar surface area (TPSA) is 95.9 Å². The van der Waals surface area contributed by atoms with Crippen LogP contribution in [0.4, 0.5) is 5.69 Å². The number of hydrogen-bond donors (Lipinski definition) is 0. The molecule has 3 heterocycles. The van der Waals surface area contributed by atoms with Gasteiger partial charge in [-0.15, -0.1) is 0 Å². The Balaban J connectivity index is 1.18. The maximum absolute atomic E-state index is 13.2. The van der Waals surface area contributed by atoms with Crippen LogP contribution in [0.1, 0.15) is 12.8 Å². The molecule has 2 saturated heterocycles. The molecule has 0 saturated carbocycles. The predicted molar refractivity (Wildman–Crippen MR) is 131 cm³/mol. The summed E-state index contributed by atoms with van der Waals surface area (Å²) in [5.41, 5.74) is 2.10. The van der Waals surface area contributed by atoms with Crippen molar-refractivity contribution in [2.45, 2.75) is 17.7 Å². The SMILES string of the molecule is COc1cccc(N2CCN(C(=O)C3CCN(S(=O)(=O)c4cccc5nsnc45)CC3)CC2)c1. The van der Waals surface area contributed by atoms with Gasteiger partial charge in [0.2, 0.25) is 15.9 Å². The summed E-state index contributed by atoms with van der Waals surface area (Å²) in [5.74, 6) is 0.805. The fourth-order valence-corrected chi connectivity index (χ4v) is 6.94. The van der Waals surface area contributed by atoms with Crippen molar-refractivity contribution in [1.29, 1.82) is 0 Å². The summed E-state index contributed by atoms with van der Waals surface area (Å²) in [6.45, 7) is 3.50. The molecule has 0 unspecified atom stereocenters. The Morgan fingerprint density at radius 2 is 1.74 bits per heavy atom. The second-order valence-electron chi connectivity index (χ2n) is 8.58. The minimum absolute atomic E-state index is 0.133. The molecule has 5 rings (SSSR count). The zero-order valence-electron chi connectivity index (χ0n) is 19.0. The normalized spacial score (nSPS) is 18.4. The lowest BCUT2D eigenvalue weighted by atomic mass is 9.96. The number of fused-ring (bicyclic) bond motifs is 1. The molecule has 2 aromatic carbocycles. The van der Waals surface area contributed by atoms with Crippen LogP contribution in [0.25, 0.3) is 11.0 Å². The fourth-order valence-electron chi connectivity index (χ4n) is 4.72. The molecule has 2 aliphatic heterocycles. The molecule has 0 spiro atoms. The van der Waals surface area contributed by atoms with Gasteiger partial charge in [0.1, 0.15) is 21.7 Å². The summed E-state index contributed by atoms with van der Waals surface area (Å²) in [6.07, 6.45) is 1.05. The van der Waals surface area contributed by atoms with E-state index in [9.17, 15) is 13.2 Å². The highest BCUT2D eigenvalue weighted by molar-refractivity contribution is 7.89. The van der Waals surface area contributed by atoms with Crippen molar-refractivity contribution in [1.82, 2.24) is 18.0 Å². The standard InChI is InChI=1S/C23H27N5O4S2/c1-32-19-5-2-4-18(16-19)26-12-14-27(15-13-26)23(29)17-8-10-28(11-9-17)34(30,31)21-7-3-6-20-22(21)25-33-24-20/h2-7,16-17H,8-15H2,1H3. The number of carbonyl (C=O) groups excluding carboxylic acids is 1. The number of benzene rings is 2. The van der Waals surface area contributed by atoms with Crippen molar-refractivity contribution >= 4 is 44.4 Å². The van der Waals surface area contributed by atoms with Crippen LogP contribution in [-0.2, 0) is 14.8 Å². The Morgan fingerprint density at radius 1 is 1.00 bits per heavy atom. The molecule has 0 N–H and O–H groups in total. The van der Waals surface area contributed by atoms with Gasteiger partial charge in [-0.25, -0.2) is 8.42 Å². The van der Waals surface area contributed by atoms with Gasteiger partial charge < -0.3 is 14.5 Å². The van der Waals surface area contributed by atoms with E-state index in [1.165, 1.54) is 4.31 Å². The van der Waals surface area contributed by atoms with Crippen molar-refractivity contribution in [3.8, 4) is 5.75 Å². The van der Waals surface area contributed by atoms with Gasteiger partial charge in [-0.3, -0.25) is 4.79 Å². The van der Waals surface area contributed by atoms with E-state index in [1.54, 1.807) is 25.3 Å². The monoisotopic (exact) mass is 501 g/mol. The molecule has 0 bridgehead atoms. The molecule has 34 heavy (non-hydrogen) atoms. The molecule has 0 radical (unpaired) electrons. The highest BCUT2D eigenvalue weighted by Gasteiger charge is 2.35. The number of amides is 1. The van der Waals surface area contributed by atoms with Crippen molar-refractivity contribution in [3.63, 3.8) is 0 Å². The maximum Gasteiger partial charge on any atom is 0.245 e. The smallest absolute Gasteiger partial charge is 0.245 e. The van der Waals surface area contributed by atoms with Gasteiger partial charge in [-0.1, -0.05) is 12.1 Å². The largest absolute Gasteiger partial charge is 0.497 e. The van der Waals surface area contributed by atoms with Gasteiger partial charge >= 0.3 is 0 Å². The van der Waals surface area contributed by atoms with Crippen LogP contribution in [-0.4, -0.2) is 78.7 Å². The van der Waals surface area contributed by atoms with E-state index in [4.69, 9.17) is 4.74 Å². The number of piperidine rings is 1. The third-order valence-corrected chi connectivity index (χ3v) is 9.15. The quantitative estimate of drug-likeness (QED) is 0.530. The molecule has 2 aliphatic rings. The first-order valence-corrected chi connectivity index (χ1v) is 13.5. The van der Waals surface area contributed by atoms with E-state index in [0.717, 1.165) is 36.3 Å². The third-order valence-electron chi connectivity index (χ3n) is 6.68. The molecule has 9 nitrogen and oxygen atoms in total. The number of aromatic nitrogens is 2. The first kappa shape index (κ1) is 23.0. The molecule has 2 fully saturated rings. The zero-order valence-corrected chi connectivity index (χ0v) is 20.6. The van der Waals surface area contributed by atoms with Crippen LogP contribution in [0.5, 0.6) is 5.75 Å². The van der Waals surface area contributed by atoms with Crippen molar-refractivity contribution in [3.05, 3.63) is 42.5 Å². The fraction of sp³-hybridized carbons (Fsp3) is 0.435. The highest BCUT2D eigenvalue weighted by Crippen LogP contribution is 2.29. The molecule has 11 heteroatoms. The number of piperazine rings is 1. The lowest BCUT2D eigenvalue weighted by molar-refractivity contribution is -0.137. The molecular weight excluding hydrogens is 474 g/mol. The molecule has 1 aromatic heterocycles. The number of ether oxygens (including phenoxy) is 1. The van der Waals surface area contributed by atoms with Crippen molar-refractivity contribution in [2.24, 2.45) is 5.92 Å². The van der Waals surface area contributed by atoms with Gasteiger partial charge in [-0.05, 0) is 37.1 Å². The molecule has 0 atom stereocenters. The Labute approximate surface area is 203 Å². The average Bonchev–Trinajstić information content (AvgIpc) is 3.37. The molecule has 3 aromatic rings. The average molecular weight is 502 g/mol. The van der Waals surface area contributed by atoms with E-state index in [2.05, 4.69) is 19.7 Å². The van der Waals surface area contributed by atoms with E-state index >= 15 is 0 Å². The number of rotatable bonds is 5. The number of methoxy groups -OCH3 is 1. The van der Waals surface area contributed by atoms with Gasteiger partial charge in [0.15, 0.2) is 0 Å². The number of anilines is 1. The summed E-state index contributed by atoms with van der Waals surface area (Å²) in [5, 5.41) is 0. The zero-order chi connectivity index (χ0) is 23.7. The molecule has 0 aliphatic carbocycles. The third kappa shape index (κ3) is 4.35. The van der Waals surface area contributed by atoms with Crippen LogP contribution in [0.2, 0.25) is 0 Å². The van der Waals surface area contributed by atoms with Crippen LogP contribution < -0.4 is 9.64 Å². The summed E-state index contributed by atoms with van der Waals surface area (Å²) in [4.78, 5) is 17.5. The van der Waals surface area contributed by atoms with Crippen LogP contribution >= 0.6 is 11.7 Å². The minimum atomic E-state index is -3.68. The summed E-state index contributed by atoms with van der Waals surface area (Å²) in [6, 6.07) is 13.0. The van der Waals surface area contributed by atoms with Gasteiger partial charge in [0.05, 0.1) is 18.8 Å². The number of carbonyl (C=O) groups is 1.